The minimum absolute atomic E-state index is 0.324. The molecule has 2 rings (SSSR count). The molecule has 0 bridgehead atoms. The third-order valence-corrected chi connectivity index (χ3v) is 3.68. The van der Waals surface area contributed by atoms with E-state index in [9.17, 15) is 4.79 Å². The average Bonchev–Trinajstić information content (AvgIpc) is 2.16. The van der Waals surface area contributed by atoms with Gasteiger partial charge in [-0.15, -0.1) is 0 Å². The maximum absolute atomic E-state index is 11.3. The minimum atomic E-state index is 0.324. The van der Waals surface area contributed by atoms with Crippen molar-refractivity contribution in [3.63, 3.8) is 0 Å². The van der Waals surface area contributed by atoms with Crippen LogP contribution in [-0.2, 0) is 9.53 Å². The molecule has 0 amide bonds. The van der Waals surface area contributed by atoms with Gasteiger partial charge in [-0.25, -0.2) is 0 Å². The largest absolute Gasteiger partial charge is 0.380 e. The molecule has 0 spiro atoms. The Bertz CT molecular complexity index is 229. The molecule has 2 aliphatic rings. The van der Waals surface area contributed by atoms with Gasteiger partial charge in [0.2, 0.25) is 0 Å². The molecule has 0 aromatic heterocycles. The number of piperidine rings is 1. The molecule has 0 aromatic rings. The van der Waals surface area contributed by atoms with E-state index in [1.807, 2.05) is 0 Å². The molecule has 1 heterocycles. The number of carbonyl (C=O) groups is 1. The Morgan fingerprint density at radius 3 is 3.00 bits per heavy atom. The molecule has 1 saturated heterocycles. The third-order valence-electron chi connectivity index (χ3n) is 3.68. The molecule has 2 fully saturated rings. The second kappa shape index (κ2) is 3.99. The van der Waals surface area contributed by atoms with Crippen LogP contribution in [-0.4, -0.2) is 31.1 Å². The molecule has 3 nitrogen and oxygen atoms in total. The molecule has 0 unspecified atom stereocenters. The molecular weight excluding hydrogens is 178 g/mol. The zero-order valence-electron chi connectivity index (χ0n) is 8.95. The van der Waals surface area contributed by atoms with Gasteiger partial charge in [-0.2, -0.15) is 0 Å². The normalized spacial score (nSPS) is 43.4. The molecule has 0 radical (unpaired) electrons. The highest BCUT2D eigenvalue weighted by molar-refractivity contribution is 5.79. The minimum Gasteiger partial charge on any atom is -0.380 e. The summed E-state index contributed by atoms with van der Waals surface area (Å²) >= 11 is 0. The average molecular weight is 197 g/mol. The number of Topliss-reactive ketones (excluding diaryl/α,β-unsaturated/α-hetero) is 1. The molecule has 3 heteroatoms. The van der Waals surface area contributed by atoms with Crippen molar-refractivity contribution in [1.29, 1.82) is 0 Å². The van der Waals surface area contributed by atoms with E-state index in [1.165, 1.54) is 0 Å². The maximum Gasteiger partial charge on any atom is 0.134 e. The number of ether oxygens (including phenoxy) is 1. The molecular formula is C11H19NO2. The molecule has 1 aliphatic heterocycles. The predicted octanol–water partition coefficient (Wildman–Crippen LogP) is 1.12. The fourth-order valence-corrected chi connectivity index (χ4v) is 2.79. The van der Waals surface area contributed by atoms with Crippen LogP contribution in [0.5, 0.6) is 0 Å². The summed E-state index contributed by atoms with van der Waals surface area (Å²) in [6, 6.07) is 0.796. The SMILES string of the molecule is CO[C@H]1C[C@H]2CCC(=O)C[C@H]2N[C@H]1C. The maximum atomic E-state index is 11.3. The van der Waals surface area contributed by atoms with Gasteiger partial charge in [0.1, 0.15) is 5.78 Å². The summed E-state index contributed by atoms with van der Waals surface area (Å²) in [4.78, 5) is 11.3. The lowest BCUT2D eigenvalue weighted by molar-refractivity contribution is -0.123. The smallest absolute Gasteiger partial charge is 0.134 e. The first-order valence-electron chi connectivity index (χ1n) is 5.51. The van der Waals surface area contributed by atoms with Gasteiger partial charge < -0.3 is 10.1 Å². The van der Waals surface area contributed by atoms with E-state index in [0.717, 1.165) is 25.7 Å². The Morgan fingerprint density at radius 1 is 1.50 bits per heavy atom. The second-order valence-corrected chi connectivity index (χ2v) is 4.61. The van der Waals surface area contributed by atoms with Crippen LogP contribution in [0, 0.1) is 5.92 Å². The van der Waals surface area contributed by atoms with E-state index in [1.54, 1.807) is 7.11 Å². The fraction of sp³-hybridized carbons (Fsp3) is 0.909. The van der Waals surface area contributed by atoms with Gasteiger partial charge in [0.05, 0.1) is 6.10 Å². The first kappa shape index (κ1) is 10.1. The van der Waals surface area contributed by atoms with Gasteiger partial charge in [0.25, 0.3) is 0 Å². The number of hydrogen-bond acceptors (Lipinski definition) is 3. The van der Waals surface area contributed by atoms with Gasteiger partial charge in [0, 0.05) is 32.0 Å². The van der Waals surface area contributed by atoms with E-state index in [0.29, 0.717) is 29.9 Å². The van der Waals surface area contributed by atoms with Gasteiger partial charge in [0.15, 0.2) is 0 Å². The Labute approximate surface area is 85.2 Å². The summed E-state index contributed by atoms with van der Waals surface area (Å²) in [6.07, 6.45) is 3.98. The topological polar surface area (TPSA) is 38.3 Å². The lowest BCUT2D eigenvalue weighted by Crippen LogP contribution is -2.55. The highest BCUT2D eigenvalue weighted by Crippen LogP contribution is 2.31. The summed E-state index contributed by atoms with van der Waals surface area (Å²) in [5, 5.41) is 3.50. The molecule has 1 saturated carbocycles. The van der Waals surface area contributed by atoms with Crippen LogP contribution in [0.4, 0.5) is 0 Å². The van der Waals surface area contributed by atoms with Gasteiger partial charge >= 0.3 is 0 Å². The summed E-state index contributed by atoms with van der Waals surface area (Å²) in [5.74, 6) is 1.07. The second-order valence-electron chi connectivity index (χ2n) is 4.61. The van der Waals surface area contributed by atoms with Crippen molar-refractivity contribution in [3.8, 4) is 0 Å². The summed E-state index contributed by atoms with van der Waals surface area (Å²) in [6.45, 7) is 2.14. The first-order chi connectivity index (χ1) is 6.70. The number of hydrogen-bond donors (Lipinski definition) is 1. The standard InChI is InChI=1S/C11H19NO2/c1-7-11(14-2)5-8-3-4-9(13)6-10(8)12-7/h7-8,10-12H,3-6H2,1-2H3/t7-,8+,10+,11-/m0/s1. The summed E-state index contributed by atoms with van der Waals surface area (Å²) in [5.41, 5.74) is 0. The highest BCUT2D eigenvalue weighted by atomic mass is 16.5. The van der Waals surface area contributed by atoms with Gasteiger partial charge in [-0.1, -0.05) is 0 Å². The van der Waals surface area contributed by atoms with Crippen LogP contribution in [0.3, 0.4) is 0 Å². The van der Waals surface area contributed by atoms with Gasteiger partial charge in [-0.05, 0) is 25.7 Å². The zero-order chi connectivity index (χ0) is 10.1. The number of methoxy groups -OCH3 is 1. The van der Waals surface area contributed by atoms with Crippen molar-refractivity contribution in [2.75, 3.05) is 7.11 Å². The highest BCUT2D eigenvalue weighted by Gasteiger charge is 2.37. The first-order valence-corrected chi connectivity index (χ1v) is 5.51. The molecule has 0 aromatic carbocycles. The molecule has 80 valence electrons. The quantitative estimate of drug-likeness (QED) is 0.684. The monoisotopic (exact) mass is 197 g/mol. The summed E-state index contributed by atoms with van der Waals surface area (Å²) < 4.78 is 5.43. The lowest BCUT2D eigenvalue weighted by atomic mass is 9.76. The zero-order valence-corrected chi connectivity index (χ0v) is 8.95. The number of fused-ring (bicyclic) bond motifs is 1. The van der Waals surface area contributed by atoms with E-state index in [-0.39, 0.29) is 0 Å². The van der Waals surface area contributed by atoms with Gasteiger partial charge in [-0.3, -0.25) is 4.79 Å². The number of rotatable bonds is 1. The van der Waals surface area contributed by atoms with E-state index < -0.39 is 0 Å². The third kappa shape index (κ3) is 1.84. The Balaban J connectivity index is 2.00. The van der Waals surface area contributed by atoms with Crippen LogP contribution in [0.15, 0.2) is 0 Å². The summed E-state index contributed by atoms with van der Waals surface area (Å²) in [7, 11) is 1.77. The van der Waals surface area contributed by atoms with Crippen LogP contribution < -0.4 is 5.32 Å². The lowest BCUT2D eigenvalue weighted by Gasteiger charge is -2.42. The van der Waals surface area contributed by atoms with E-state index >= 15 is 0 Å². The van der Waals surface area contributed by atoms with Crippen LogP contribution in [0.25, 0.3) is 0 Å². The Hall–Kier alpha value is -0.410. The predicted molar refractivity (Wildman–Crippen MR) is 54.1 cm³/mol. The Kier molecular flexibility index (Phi) is 2.88. The van der Waals surface area contributed by atoms with Crippen LogP contribution >= 0.6 is 0 Å². The van der Waals surface area contributed by atoms with Crippen LogP contribution in [0.2, 0.25) is 0 Å². The van der Waals surface area contributed by atoms with Crippen LogP contribution in [0.1, 0.15) is 32.6 Å². The molecule has 4 atom stereocenters. The van der Waals surface area contributed by atoms with Crippen molar-refractivity contribution < 1.29 is 9.53 Å². The number of ketones is 1. The fourth-order valence-electron chi connectivity index (χ4n) is 2.79. The number of carbonyl (C=O) groups excluding carboxylic acids is 1. The van der Waals surface area contributed by atoms with Crippen molar-refractivity contribution in [1.82, 2.24) is 5.32 Å². The molecule has 14 heavy (non-hydrogen) atoms. The van der Waals surface area contributed by atoms with Crippen molar-refractivity contribution in [3.05, 3.63) is 0 Å². The Morgan fingerprint density at radius 2 is 2.29 bits per heavy atom. The van der Waals surface area contributed by atoms with Crippen molar-refractivity contribution in [2.24, 2.45) is 5.92 Å². The van der Waals surface area contributed by atoms with E-state index in [2.05, 4.69) is 12.2 Å². The van der Waals surface area contributed by atoms with Crippen molar-refractivity contribution in [2.45, 2.75) is 50.8 Å². The number of nitrogens with one attached hydrogen (secondary N) is 1. The van der Waals surface area contributed by atoms with Crippen molar-refractivity contribution >= 4 is 5.78 Å². The van der Waals surface area contributed by atoms with E-state index in [4.69, 9.17) is 4.74 Å². The molecule has 1 aliphatic carbocycles. The molecule has 1 N–H and O–H groups in total.